The van der Waals surface area contributed by atoms with Crippen molar-refractivity contribution in [3.8, 4) is 0 Å². The van der Waals surface area contributed by atoms with E-state index in [4.69, 9.17) is 28.3 Å². The van der Waals surface area contributed by atoms with Gasteiger partial charge in [0, 0.05) is 13.1 Å². The van der Waals surface area contributed by atoms with Crippen LogP contribution in [0, 0.1) is 0 Å². The van der Waals surface area contributed by atoms with Crippen molar-refractivity contribution < 1.29 is 9.90 Å². The standard InChI is InChI=1S/C10H12Cl2N2O2/c1-14-8(4-7(11)9(14)12)10(16)13-5-2-6(15)3-5/h4-6,15H,2-3H2,1H3,(H,13,16). The third-order valence-corrected chi connectivity index (χ3v) is 3.64. The average molecular weight is 263 g/mol. The number of rotatable bonds is 2. The number of amides is 1. The Morgan fingerprint density at radius 1 is 1.56 bits per heavy atom. The second kappa shape index (κ2) is 4.28. The highest BCUT2D eigenvalue weighted by Crippen LogP contribution is 2.26. The van der Waals surface area contributed by atoms with Crippen LogP contribution in [0.25, 0.3) is 0 Å². The number of nitrogens with one attached hydrogen (secondary N) is 1. The Bertz CT molecular complexity index is 425. The van der Waals surface area contributed by atoms with Gasteiger partial charge >= 0.3 is 0 Å². The van der Waals surface area contributed by atoms with Crippen LogP contribution in [0.4, 0.5) is 0 Å². The highest BCUT2D eigenvalue weighted by atomic mass is 35.5. The summed E-state index contributed by atoms with van der Waals surface area (Å²) in [5.74, 6) is -0.215. The quantitative estimate of drug-likeness (QED) is 0.851. The summed E-state index contributed by atoms with van der Waals surface area (Å²) in [6.07, 6.45) is 0.931. The van der Waals surface area contributed by atoms with E-state index in [1.165, 1.54) is 10.6 Å². The van der Waals surface area contributed by atoms with Crippen LogP contribution in [-0.4, -0.2) is 27.7 Å². The third-order valence-electron chi connectivity index (χ3n) is 2.80. The Kier molecular flexibility index (Phi) is 3.15. The maximum absolute atomic E-state index is 11.8. The molecule has 2 N–H and O–H groups in total. The molecule has 0 aromatic carbocycles. The molecule has 1 heterocycles. The zero-order chi connectivity index (χ0) is 11.9. The normalized spacial score (nSPS) is 24.0. The number of hydrogen-bond donors (Lipinski definition) is 2. The number of aliphatic hydroxyl groups is 1. The minimum Gasteiger partial charge on any atom is -0.393 e. The summed E-state index contributed by atoms with van der Waals surface area (Å²) in [7, 11) is 1.68. The molecule has 0 aliphatic heterocycles. The van der Waals surface area contributed by atoms with E-state index < -0.39 is 0 Å². The van der Waals surface area contributed by atoms with E-state index in [1.807, 2.05) is 0 Å². The lowest BCUT2D eigenvalue weighted by Gasteiger charge is -2.31. The van der Waals surface area contributed by atoms with Crippen LogP contribution in [0.5, 0.6) is 0 Å². The second-order valence-electron chi connectivity index (χ2n) is 4.02. The van der Waals surface area contributed by atoms with Gasteiger partial charge in [-0.05, 0) is 18.9 Å². The Balaban J connectivity index is 2.06. The highest BCUT2D eigenvalue weighted by molar-refractivity contribution is 6.41. The van der Waals surface area contributed by atoms with Crippen molar-refractivity contribution in [1.29, 1.82) is 0 Å². The van der Waals surface area contributed by atoms with E-state index in [1.54, 1.807) is 7.05 Å². The van der Waals surface area contributed by atoms with Crippen LogP contribution in [0.1, 0.15) is 23.3 Å². The summed E-state index contributed by atoms with van der Waals surface area (Å²) in [6, 6.07) is 1.59. The molecule has 1 amide bonds. The summed E-state index contributed by atoms with van der Waals surface area (Å²) in [6.45, 7) is 0. The molecule has 0 atom stereocenters. The molecule has 16 heavy (non-hydrogen) atoms. The van der Waals surface area contributed by atoms with Gasteiger partial charge in [-0.25, -0.2) is 0 Å². The molecule has 1 aliphatic rings. The maximum atomic E-state index is 11.8. The molecule has 0 spiro atoms. The second-order valence-corrected chi connectivity index (χ2v) is 4.79. The molecule has 1 saturated carbocycles. The lowest BCUT2D eigenvalue weighted by atomic mass is 9.89. The van der Waals surface area contributed by atoms with E-state index in [0.29, 0.717) is 28.7 Å². The SMILES string of the molecule is Cn1c(C(=O)NC2CC(O)C2)cc(Cl)c1Cl. The summed E-state index contributed by atoms with van der Waals surface area (Å²) < 4.78 is 1.54. The van der Waals surface area contributed by atoms with Gasteiger partial charge in [-0.15, -0.1) is 0 Å². The van der Waals surface area contributed by atoms with Crippen LogP contribution >= 0.6 is 23.2 Å². The van der Waals surface area contributed by atoms with E-state index in [0.717, 1.165) is 0 Å². The van der Waals surface area contributed by atoms with Gasteiger partial charge in [0.05, 0.1) is 11.1 Å². The van der Waals surface area contributed by atoms with Crippen molar-refractivity contribution >= 4 is 29.1 Å². The number of hydrogen-bond acceptors (Lipinski definition) is 2. The van der Waals surface area contributed by atoms with Crippen LogP contribution in [-0.2, 0) is 7.05 Å². The summed E-state index contributed by atoms with van der Waals surface area (Å²) in [4.78, 5) is 11.8. The third kappa shape index (κ3) is 2.05. The Morgan fingerprint density at radius 2 is 2.19 bits per heavy atom. The number of aromatic nitrogens is 1. The number of carbonyl (C=O) groups is 1. The topological polar surface area (TPSA) is 54.3 Å². The van der Waals surface area contributed by atoms with Crippen molar-refractivity contribution in [2.45, 2.75) is 25.0 Å². The van der Waals surface area contributed by atoms with Crippen LogP contribution < -0.4 is 5.32 Å². The van der Waals surface area contributed by atoms with E-state index >= 15 is 0 Å². The van der Waals surface area contributed by atoms with Gasteiger partial charge in [-0.2, -0.15) is 0 Å². The minimum absolute atomic E-state index is 0.0509. The number of halogens is 2. The molecule has 1 aromatic rings. The first kappa shape index (κ1) is 11.8. The van der Waals surface area contributed by atoms with Crippen LogP contribution in [0.3, 0.4) is 0 Å². The first-order valence-electron chi connectivity index (χ1n) is 4.98. The van der Waals surface area contributed by atoms with Crippen molar-refractivity contribution in [2.75, 3.05) is 0 Å². The fourth-order valence-electron chi connectivity index (χ4n) is 1.73. The molecular formula is C10H12Cl2N2O2. The molecular weight excluding hydrogens is 251 g/mol. The van der Waals surface area contributed by atoms with E-state index in [2.05, 4.69) is 5.32 Å². The Morgan fingerprint density at radius 3 is 2.62 bits per heavy atom. The number of aliphatic hydroxyl groups excluding tert-OH is 1. The lowest BCUT2D eigenvalue weighted by Crippen LogP contribution is -2.47. The molecule has 1 aromatic heterocycles. The summed E-state index contributed by atoms with van der Waals surface area (Å²) in [5, 5.41) is 12.6. The number of nitrogens with zero attached hydrogens (tertiary/aromatic N) is 1. The first-order valence-corrected chi connectivity index (χ1v) is 5.74. The van der Waals surface area contributed by atoms with Crippen molar-refractivity contribution in [1.82, 2.24) is 9.88 Å². The molecule has 1 fully saturated rings. The van der Waals surface area contributed by atoms with Gasteiger partial charge in [-0.3, -0.25) is 4.79 Å². The van der Waals surface area contributed by atoms with Gasteiger partial charge < -0.3 is 15.0 Å². The monoisotopic (exact) mass is 262 g/mol. The molecule has 88 valence electrons. The van der Waals surface area contributed by atoms with Gasteiger partial charge in [-0.1, -0.05) is 23.2 Å². The van der Waals surface area contributed by atoms with Crippen molar-refractivity contribution in [3.05, 3.63) is 21.9 Å². The average Bonchev–Trinajstić information content (AvgIpc) is 2.44. The largest absolute Gasteiger partial charge is 0.393 e. The van der Waals surface area contributed by atoms with Gasteiger partial charge in [0.25, 0.3) is 5.91 Å². The predicted molar refractivity (Wildman–Crippen MR) is 61.9 cm³/mol. The van der Waals surface area contributed by atoms with E-state index in [9.17, 15) is 4.79 Å². The maximum Gasteiger partial charge on any atom is 0.268 e. The fourth-order valence-corrected chi connectivity index (χ4v) is 2.10. The van der Waals surface area contributed by atoms with Crippen LogP contribution in [0.15, 0.2) is 6.07 Å². The summed E-state index contributed by atoms with van der Waals surface area (Å²) >= 11 is 11.7. The predicted octanol–water partition coefficient (Wildman–Crippen LogP) is 1.58. The Hall–Kier alpha value is -0.710. The van der Waals surface area contributed by atoms with Crippen molar-refractivity contribution in [3.63, 3.8) is 0 Å². The van der Waals surface area contributed by atoms with Crippen molar-refractivity contribution in [2.24, 2.45) is 7.05 Å². The molecule has 4 nitrogen and oxygen atoms in total. The molecule has 0 unspecified atom stereocenters. The van der Waals surface area contributed by atoms with Crippen LogP contribution in [0.2, 0.25) is 10.2 Å². The molecule has 0 bridgehead atoms. The molecule has 0 saturated heterocycles. The van der Waals surface area contributed by atoms with Gasteiger partial charge in [0.1, 0.15) is 10.8 Å². The highest BCUT2D eigenvalue weighted by Gasteiger charge is 2.29. The van der Waals surface area contributed by atoms with Gasteiger partial charge in [0.2, 0.25) is 0 Å². The lowest BCUT2D eigenvalue weighted by molar-refractivity contribution is 0.0559. The zero-order valence-electron chi connectivity index (χ0n) is 8.70. The Labute approximate surface area is 103 Å². The zero-order valence-corrected chi connectivity index (χ0v) is 10.2. The number of carbonyl (C=O) groups excluding carboxylic acids is 1. The van der Waals surface area contributed by atoms with E-state index in [-0.39, 0.29) is 18.1 Å². The molecule has 2 rings (SSSR count). The van der Waals surface area contributed by atoms with Gasteiger partial charge in [0.15, 0.2) is 0 Å². The fraction of sp³-hybridized carbons (Fsp3) is 0.500. The smallest absolute Gasteiger partial charge is 0.268 e. The molecule has 1 aliphatic carbocycles. The molecule has 6 heteroatoms. The molecule has 0 radical (unpaired) electrons. The minimum atomic E-state index is -0.286. The summed E-state index contributed by atoms with van der Waals surface area (Å²) in [5.41, 5.74) is 0.427. The first-order chi connectivity index (χ1) is 7.49.